The smallest absolute Gasteiger partial charge is 0.119 e. The highest BCUT2D eigenvalue weighted by atomic mass is 16.5. The molecule has 1 heterocycles. The molecule has 2 heteroatoms. The number of hydrogen-bond acceptors (Lipinski definition) is 1. The number of ether oxygens (including phenoxy) is 1. The van der Waals surface area contributed by atoms with Crippen LogP contribution in [0.15, 0.2) is 24.3 Å². The fraction of sp³-hybridized carbons (Fsp3) is 0.714. The van der Waals surface area contributed by atoms with Crippen LogP contribution in [0.2, 0.25) is 0 Å². The quantitative estimate of drug-likeness (QED) is 0.725. The number of benzene rings is 1. The summed E-state index contributed by atoms with van der Waals surface area (Å²) in [5.41, 5.74) is 1.50. The first-order valence-corrected chi connectivity index (χ1v) is 9.64. The minimum absolute atomic E-state index is 0.247. The normalized spacial score (nSPS) is 17.1. The number of rotatable bonds is 9. The molecule has 1 N–H and O–H groups in total. The van der Waals surface area contributed by atoms with Crippen molar-refractivity contribution < 1.29 is 9.64 Å². The second-order valence-electron chi connectivity index (χ2n) is 7.90. The largest absolute Gasteiger partial charge is 0.491 e. The van der Waals surface area contributed by atoms with Crippen molar-refractivity contribution in [1.82, 2.24) is 0 Å². The highest BCUT2D eigenvalue weighted by Gasteiger charge is 2.19. The first kappa shape index (κ1) is 18.3. The third-order valence-electron chi connectivity index (χ3n) is 4.97. The summed E-state index contributed by atoms with van der Waals surface area (Å²) in [6.07, 6.45) is 7.06. The lowest BCUT2D eigenvalue weighted by molar-refractivity contribution is -0.887. The van der Waals surface area contributed by atoms with Gasteiger partial charge in [-0.25, -0.2) is 0 Å². The molecule has 23 heavy (non-hydrogen) atoms. The van der Waals surface area contributed by atoms with E-state index in [-0.39, 0.29) is 6.10 Å². The predicted octanol–water partition coefficient (Wildman–Crippen LogP) is 4.06. The second-order valence-corrected chi connectivity index (χ2v) is 7.90. The summed E-state index contributed by atoms with van der Waals surface area (Å²) >= 11 is 0. The van der Waals surface area contributed by atoms with Gasteiger partial charge in [0.15, 0.2) is 0 Å². The number of nitrogens with one attached hydrogen (secondary N) is 1. The first-order valence-electron chi connectivity index (χ1n) is 9.64. The van der Waals surface area contributed by atoms with E-state index in [4.69, 9.17) is 4.74 Å². The van der Waals surface area contributed by atoms with Crippen LogP contribution >= 0.6 is 0 Å². The van der Waals surface area contributed by atoms with E-state index in [0.717, 1.165) is 11.7 Å². The fourth-order valence-corrected chi connectivity index (χ4v) is 3.61. The van der Waals surface area contributed by atoms with Crippen molar-refractivity contribution in [3.63, 3.8) is 0 Å². The van der Waals surface area contributed by atoms with Crippen LogP contribution < -0.4 is 9.64 Å². The monoisotopic (exact) mass is 318 g/mol. The molecule has 1 fully saturated rings. The van der Waals surface area contributed by atoms with Gasteiger partial charge in [0.1, 0.15) is 5.75 Å². The average molecular weight is 319 g/mol. The van der Waals surface area contributed by atoms with Gasteiger partial charge >= 0.3 is 0 Å². The van der Waals surface area contributed by atoms with Crippen LogP contribution in [0.3, 0.4) is 0 Å². The summed E-state index contributed by atoms with van der Waals surface area (Å²) in [6.45, 7) is 12.9. The van der Waals surface area contributed by atoms with E-state index in [1.54, 1.807) is 0 Å². The molecule has 0 aliphatic carbocycles. The Balaban J connectivity index is 1.96. The zero-order valence-corrected chi connectivity index (χ0v) is 15.6. The van der Waals surface area contributed by atoms with Crippen molar-refractivity contribution in [2.24, 2.45) is 5.92 Å². The molecule has 1 atom stereocenters. The third-order valence-corrected chi connectivity index (χ3v) is 4.97. The Bertz CT molecular complexity index is 432. The zero-order chi connectivity index (χ0) is 16.7. The number of likely N-dealkylation sites (tertiary alicyclic amines) is 1. The van der Waals surface area contributed by atoms with Crippen LogP contribution in [-0.2, 0) is 0 Å². The maximum atomic E-state index is 5.78. The molecule has 0 spiro atoms. The SMILES string of the molecule is CC(C)CC[C@H](CC[NH+]1CCCC1)c1ccc(OC(C)C)cc1. The van der Waals surface area contributed by atoms with Gasteiger partial charge in [-0.2, -0.15) is 0 Å². The van der Waals surface area contributed by atoms with Gasteiger partial charge < -0.3 is 9.64 Å². The van der Waals surface area contributed by atoms with Gasteiger partial charge in [-0.3, -0.25) is 0 Å². The molecule has 1 aromatic rings. The van der Waals surface area contributed by atoms with E-state index in [2.05, 4.69) is 52.0 Å². The predicted molar refractivity (Wildman–Crippen MR) is 98.4 cm³/mol. The molecule has 2 rings (SSSR count). The lowest BCUT2D eigenvalue weighted by atomic mass is 9.88. The summed E-state index contributed by atoms with van der Waals surface area (Å²) in [6, 6.07) is 8.89. The molecule has 0 aromatic heterocycles. The topological polar surface area (TPSA) is 13.7 Å². The molecule has 0 amide bonds. The van der Waals surface area contributed by atoms with Crippen LogP contribution in [0.5, 0.6) is 5.75 Å². The van der Waals surface area contributed by atoms with Gasteiger partial charge in [-0.1, -0.05) is 32.4 Å². The molecule has 1 aliphatic rings. The molecular weight excluding hydrogens is 282 g/mol. The summed E-state index contributed by atoms with van der Waals surface area (Å²) in [4.78, 5) is 1.82. The molecule has 0 bridgehead atoms. The van der Waals surface area contributed by atoms with Gasteiger partial charge in [0.05, 0.1) is 25.7 Å². The van der Waals surface area contributed by atoms with Crippen molar-refractivity contribution in [1.29, 1.82) is 0 Å². The van der Waals surface area contributed by atoms with Crippen LogP contribution in [0, 0.1) is 5.92 Å². The maximum Gasteiger partial charge on any atom is 0.119 e. The minimum atomic E-state index is 0.247. The molecule has 2 nitrogen and oxygen atoms in total. The Kier molecular flexibility index (Phi) is 7.42. The number of quaternary nitrogens is 1. The van der Waals surface area contributed by atoms with Crippen molar-refractivity contribution in [2.45, 2.75) is 71.8 Å². The van der Waals surface area contributed by atoms with E-state index >= 15 is 0 Å². The van der Waals surface area contributed by atoms with Gasteiger partial charge in [-0.15, -0.1) is 0 Å². The number of hydrogen-bond donors (Lipinski definition) is 1. The highest BCUT2D eigenvalue weighted by Crippen LogP contribution is 2.28. The fourth-order valence-electron chi connectivity index (χ4n) is 3.61. The highest BCUT2D eigenvalue weighted by molar-refractivity contribution is 5.29. The van der Waals surface area contributed by atoms with Crippen LogP contribution in [0.25, 0.3) is 0 Å². The summed E-state index contributed by atoms with van der Waals surface area (Å²) < 4.78 is 5.78. The van der Waals surface area contributed by atoms with Gasteiger partial charge in [0.25, 0.3) is 0 Å². The molecule has 0 radical (unpaired) electrons. The zero-order valence-electron chi connectivity index (χ0n) is 15.6. The van der Waals surface area contributed by atoms with E-state index in [9.17, 15) is 0 Å². The van der Waals surface area contributed by atoms with Gasteiger partial charge in [-0.05, 0) is 49.8 Å². The molecule has 1 aromatic carbocycles. The van der Waals surface area contributed by atoms with Crippen LogP contribution in [0.1, 0.15) is 71.3 Å². The Hall–Kier alpha value is -1.02. The third kappa shape index (κ3) is 6.55. The molecule has 0 saturated carbocycles. The van der Waals surface area contributed by atoms with Crippen molar-refractivity contribution >= 4 is 0 Å². The summed E-state index contributed by atoms with van der Waals surface area (Å²) in [5.74, 6) is 2.50. The van der Waals surface area contributed by atoms with Crippen molar-refractivity contribution in [2.75, 3.05) is 19.6 Å². The molecule has 0 unspecified atom stereocenters. The van der Waals surface area contributed by atoms with E-state index in [1.165, 1.54) is 57.3 Å². The van der Waals surface area contributed by atoms with Gasteiger partial charge in [0, 0.05) is 19.3 Å². The Morgan fingerprint density at radius 1 is 0.913 bits per heavy atom. The van der Waals surface area contributed by atoms with Crippen LogP contribution in [-0.4, -0.2) is 25.7 Å². The van der Waals surface area contributed by atoms with Crippen LogP contribution in [0.4, 0.5) is 0 Å². The maximum absolute atomic E-state index is 5.78. The van der Waals surface area contributed by atoms with E-state index in [0.29, 0.717) is 5.92 Å². The Morgan fingerprint density at radius 2 is 1.57 bits per heavy atom. The molecule has 1 aliphatic heterocycles. The average Bonchev–Trinajstić information content (AvgIpc) is 3.01. The molecule has 1 saturated heterocycles. The minimum Gasteiger partial charge on any atom is -0.491 e. The lowest BCUT2D eigenvalue weighted by Crippen LogP contribution is -3.10. The molecule has 130 valence electrons. The standard InChI is InChI=1S/C21H35NO/c1-17(2)7-8-20(13-16-22-14-5-6-15-22)19-9-11-21(12-10-19)23-18(3)4/h9-12,17-18,20H,5-8,13-16H2,1-4H3/p+1/t20-/m1/s1. The van der Waals surface area contributed by atoms with Crippen molar-refractivity contribution in [3.8, 4) is 5.75 Å². The lowest BCUT2D eigenvalue weighted by Gasteiger charge is -2.21. The van der Waals surface area contributed by atoms with E-state index in [1.807, 2.05) is 4.90 Å². The Morgan fingerprint density at radius 3 is 2.13 bits per heavy atom. The summed E-state index contributed by atoms with van der Waals surface area (Å²) in [7, 11) is 0. The summed E-state index contributed by atoms with van der Waals surface area (Å²) in [5, 5.41) is 0. The Labute approximate surface area is 143 Å². The van der Waals surface area contributed by atoms with Gasteiger partial charge in [0.2, 0.25) is 0 Å². The van der Waals surface area contributed by atoms with E-state index < -0.39 is 0 Å². The van der Waals surface area contributed by atoms with Crippen molar-refractivity contribution in [3.05, 3.63) is 29.8 Å². The molecular formula is C21H36NO+. The first-order chi connectivity index (χ1) is 11.0. The second kappa shape index (κ2) is 9.32.